The fraction of sp³-hybridized carbons (Fsp3) is 0.667. The van der Waals surface area contributed by atoms with E-state index in [1.165, 1.54) is 6.20 Å². The first-order chi connectivity index (χ1) is 14.7. The number of likely N-dealkylation sites (tertiary alicyclic amines) is 1. The minimum Gasteiger partial charge on any atom is -0.477 e. The number of primary amides is 1. The van der Waals surface area contributed by atoms with Crippen LogP contribution >= 0.6 is 0 Å². The molecule has 1 aromatic heterocycles. The van der Waals surface area contributed by atoms with Crippen molar-refractivity contribution in [3.63, 3.8) is 0 Å². The van der Waals surface area contributed by atoms with Crippen LogP contribution in [0.2, 0.25) is 0 Å². The highest BCUT2D eigenvalue weighted by Crippen LogP contribution is 2.61. The maximum atomic E-state index is 13.5. The van der Waals surface area contributed by atoms with Crippen molar-refractivity contribution in [2.75, 3.05) is 13.2 Å². The highest BCUT2D eigenvalue weighted by atomic mass is 16.5. The van der Waals surface area contributed by atoms with Crippen LogP contribution in [-0.4, -0.2) is 40.9 Å². The Hall–Kier alpha value is -2.62. The number of amides is 2. The quantitative estimate of drug-likeness (QED) is 0.784. The zero-order chi connectivity index (χ0) is 22.0. The summed E-state index contributed by atoms with van der Waals surface area (Å²) in [4.78, 5) is 32.1. The molecule has 31 heavy (non-hydrogen) atoms. The number of carbonyl (C=O) groups excluding carboxylic acids is 2. The van der Waals surface area contributed by atoms with E-state index in [4.69, 9.17) is 15.7 Å². The van der Waals surface area contributed by atoms with Gasteiger partial charge in [-0.3, -0.25) is 9.59 Å². The van der Waals surface area contributed by atoms with Gasteiger partial charge < -0.3 is 15.4 Å². The highest BCUT2D eigenvalue weighted by molar-refractivity contribution is 5.85. The molecule has 7 heteroatoms. The molecule has 2 N–H and O–H groups in total. The predicted molar refractivity (Wildman–Crippen MR) is 112 cm³/mol. The van der Waals surface area contributed by atoms with E-state index < -0.39 is 5.41 Å². The second-order valence-electron chi connectivity index (χ2n) is 10.8. The number of carbonyl (C=O) groups is 2. The van der Waals surface area contributed by atoms with Crippen LogP contribution in [-0.2, 0) is 9.59 Å². The number of nitriles is 1. The zero-order valence-corrected chi connectivity index (χ0v) is 18.2. The smallest absolute Gasteiger partial charge is 0.228 e. The molecular weight excluding hydrogens is 392 g/mol. The lowest BCUT2D eigenvalue weighted by Gasteiger charge is -2.60. The molecule has 1 saturated heterocycles. The number of ether oxygens (including phenoxy) is 1. The SMILES string of the molecule is CC1(C)C(=O)N([C@@H]2C3CC4C[C@H]2C[C@](C(N)=O)(C4)C3)CC1COc1ccc(C#N)cn1. The molecule has 0 aromatic carbocycles. The van der Waals surface area contributed by atoms with E-state index in [9.17, 15) is 9.59 Å². The Morgan fingerprint density at radius 2 is 2.00 bits per heavy atom. The van der Waals surface area contributed by atoms with Gasteiger partial charge in [-0.25, -0.2) is 4.98 Å². The largest absolute Gasteiger partial charge is 0.477 e. The summed E-state index contributed by atoms with van der Waals surface area (Å²) in [6.45, 7) is 5.10. The lowest BCUT2D eigenvalue weighted by Crippen LogP contribution is -2.62. The Morgan fingerprint density at radius 1 is 1.29 bits per heavy atom. The molecule has 2 amide bonds. The van der Waals surface area contributed by atoms with Gasteiger partial charge in [0, 0.05) is 36.2 Å². The van der Waals surface area contributed by atoms with Crippen molar-refractivity contribution in [2.45, 2.75) is 52.0 Å². The Labute approximate surface area is 182 Å². The summed E-state index contributed by atoms with van der Waals surface area (Å²) in [6.07, 6.45) is 6.32. The van der Waals surface area contributed by atoms with Gasteiger partial charge in [0.05, 0.1) is 17.6 Å². The van der Waals surface area contributed by atoms with Gasteiger partial charge in [0.15, 0.2) is 0 Å². The van der Waals surface area contributed by atoms with Crippen LogP contribution in [0.1, 0.15) is 51.5 Å². The standard InChI is InChI=1S/C24H30N4O3/c1-23(2)18(13-31-19-4-3-14(10-25)11-27-19)12-28(22(23)30)20-16-5-15-6-17(20)9-24(7-15,8-16)21(26)29/h3-4,11,15-18,20H,5-9,12-13H2,1-2H3,(H2,26,29)/t15?,16-,17?,18?,20-,24+/m0/s1. The lowest BCUT2D eigenvalue weighted by molar-refractivity contribution is -0.159. The summed E-state index contributed by atoms with van der Waals surface area (Å²) in [6, 6.07) is 5.64. The molecule has 0 radical (unpaired) electrons. The fourth-order valence-electron chi connectivity index (χ4n) is 7.14. The van der Waals surface area contributed by atoms with Gasteiger partial charge in [0.2, 0.25) is 17.7 Å². The Bertz CT molecular complexity index is 935. The number of rotatable bonds is 5. The number of nitrogens with zero attached hydrogens (tertiary/aromatic N) is 3. The second-order valence-corrected chi connectivity index (χ2v) is 10.8. The Balaban J connectivity index is 1.31. The molecule has 5 aliphatic rings. The summed E-state index contributed by atoms with van der Waals surface area (Å²) in [7, 11) is 0. The average Bonchev–Trinajstić information content (AvgIpc) is 2.95. The number of hydrogen-bond acceptors (Lipinski definition) is 5. The molecule has 6 atom stereocenters. The fourth-order valence-corrected chi connectivity index (χ4v) is 7.14. The maximum absolute atomic E-state index is 13.5. The first kappa shape index (κ1) is 20.3. The third-order valence-corrected chi connectivity index (χ3v) is 8.65. The van der Waals surface area contributed by atoms with Gasteiger partial charge >= 0.3 is 0 Å². The molecule has 7 nitrogen and oxygen atoms in total. The molecule has 4 bridgehead atoms. The van der Waals surface area contributed by atoms with E-state index in [1.807, 2.05) is 19.9 Å². The van der Waals surface area contributed by atoms with Crippen LogP contribution in [0.5, 0.6) is 5.88 Å². The van der Waals surface area contributed by atoms with E-state index >= 15 is 0 Å². The van der Waals surface area contributed by atoms with Crippen LogP contribution in [0.15, 0.2) is 18.3 Å². The van der Waals surface area contributed by atoms with Crippen molar-refractivity contribution in [1.82, 2.24) is 9.88 Å². The number of aromatic nitrogens is 1. The molecule has 1 aliphatic heterocycles. The third kappa shape index (κ3) is 3.10. The van der Waals surface area contributed by atoms with Crippen molar-refractivity contribution in [1.29, 1.82) is 5.26 Å². The predicted octanol–water partition coefficient (Wildman–Crippen LogP) is 2.50. The summed E-state index contributed by atoms with van der Waals surface area (Å²) in [5.41, 5.74) is 5.48. The van der Waals surface area contributed by atoms with Gasteiger partial charge in [-0.1, -0.05) is 13.8 Å². The maximum Gasteiger partial charge on any atom is 0.228 e. The summed E-state index contributed by atoms with van der Waals surface area (Å²) in [5, 5.41) is 8.92. The van der Waals surface area contributed by atoms with Crippen LogP contribution in [0.4, 0.5) is 0 Å². The van der Waals surface area contributed by atoms with Crippen LogP contribution in [0.25, 0.3) is 0 Å². The molecule has 0 spiro atoms. The van der Waals surface area contributed by atoms with Crippen molar-refractivity contribution < 1.29 is 14.3 Å². The number of hydrogen-bond donors (Lipinski definition) is 1. The minimum absolute atomic E-state index is 0.0553. The van der Waals surface area contributed by atoms with Gasteiger partial charge in [0.25, 0.3) is 0 Å². The van der Waals surface area contributed by atoms with Gasteiger partial charge in [-0.2, -0.15) is 5.26 Å². The molecule has 5 fully saturated rings. The van der Waals surface area contributed by atoms with Crippen LogP contribution < -0.4 is 10.5 Å². The summed E-state index contributed by atoms with van der Waals surface area (Å²) < 4.78 is 5.91. The highest BCUT2D eigenvalue weighted by Gasteiger charge is 2.61. The zero-order valence-electron chi connectivity index (χ0n) is 18.2. The third-order valence-electron chi connectivity index (χ3n) is 8.65. The van der Waals surface area contributed by atoms with E-state index in [1.54, 1.807) is 12.1 Å². The first-order valence-electron chi connectivity index (χ1n) is 11.3. The van der Waals surface area contributed by atoms with E-state index in [0.717, 1.165) is 32.1 Å². The van der Waals surface area contributed by atoms with Crippen molar-refractivity contribution in [2.24, 2.45) is 40.2 Å². The monoisotopic (exact) mass is 422 g/mol. The molecule has 1 aromatic rings. The van der Waals surface area contributed by atoms with Crippen molar-refractivity contribution in [3.05, 3.63) is 23.9 Å². The van der Waals surface area contributed by atoms with E-state index in [-0.39, 0.29) is 29.2 Å². The molecular formula is C24H30N4O3. The lowest BCUT2D eigenvalue weighted by atomic mass is 9.47. The van der Waals surface area contributed by atoms with Gasteiger partial charge in [-0.15, -0.1) is 0 Å². The molecule has 3 unspecified atom stereocenters. The molecule has 164 valence electrons. The molecule has 4 aliphatic carbocycles. The van der Waals surface area contributed by atoms with Gasteiger partial charge in [0.1, 0.15) is 6.07 Å². The molecule has 2 heterocycles. The Kier molecular flexibility index (Phi) is 4.55. The second kappa shape index (κ2) is 6.94. The first-order valence-corrected chi connectivity index (χ1v) is 11.3. The molecule has 6 rings (SSSR count). The van der Waals surface area contributed by atoms with Crippen molar-refractivity contribution >= 4 is 11.8 Å². The summed E-state index contributed by atoms with van der Waals surface area (Å²) in [5.74, 6) is 1.91. The number of nitrogens with two attached hydrogens (primary N) is 1. The van der Waals surface area contributed by atoms with Crippen LogP contribution in [0, 0.1) is 45.8 Å². The minimum atomic E-state index is -0.511. The van der Waals surface area contributed by atoms with Crippen molar-refractivity contribution in [3.8, 4) is 11.9 Å². The van der Waals surface area contributed by atoms with Gasteiger partial charge in [-0.05, 0) is 55.9 Å². The van der Waals surface area contributed by atoms with Crippen LogP contribution in [0.3, 0.4) is 0 Å². The normalized spacial score (nSPS) is 37.6. The average molecular weight is 423 g/mol. The van der Waals surface area contributed by atoms with E-state index in [0.29, 0.717) is 42.3 Å². The van der Waals surface area contributed by atoms with E-state index in [2.05, 4.69) is 9.88 Å². The molecule has 4 saturated carbocycles. The Morgan fingerprint density at radius 3 is 2.58 bits per heavy atom. The topological polar surface area (TPSA) is 109 Å². The number of pyridine rings is 1. The summed E-state index contributed by atoms with van der Waals surface area (Å²) >= 11 is 0.